The highest BCUT2D eigenvalue weighted by molar-refractivity contribution is 7.81. The van der Waals surface area contributed by atoms with E-state index in [-0.39, 0.29) is 11.2 Å². The smallest absolute Gasteiger partial charge is 0.228 e. The number of aromatic nitrogens is 1. The molecule has 0 radical (unpaired) electrons. The van der Waals surface area contributed by atoms with Gasteiger partial charge in [-0.3, -0.25) is 4.79 Å². The molecule has 1 aliphatic rings. The number of carbonyl (C=O) groups is 1. The minimum atomic E-state index is 0.0941. The Bertz CT molecular complexity index is 390. The van der Waals surface area contributed by atoms with Gasteiger partial charge in [-0.2, -0.15) is 12.6 Å². The van der Waals surface area contributed by atoms with Crippen LogP contribution in [0.2, 0.25) is 5.15 Å². The molecule has 0 spiro atoms. The van der Waals surface area contributed by atoms with Gasteiger partial charge in [-0.25, -0.2) is 4.98 Å². The van der Waals surface area contributed by atoms with Gasteiger partial charge in [0.25, 0.3) is 0 Å². The van der Waals surface area contributed by atoms with E-state index in [0.29, 0.717) is 18.1 Å². The van der Waals surface area contributed by atoms with Crippen LogP contribution in [0.25, 0.3) is 0 Å². The van der Waals surface area contributed by atoms with Crippen LogP contribution in [0.4, 0.5) is 5.69 Å². The second-order valence-corrected chi connectivity index (χ2v) is 4.77. The van der Waals surface area contributed by atoms with E-state index in [1.165, 1.54) is 0 Å². The molecule has 1 fully saturated rings. The topological polar surface area (TPSA) is 33.2 Å². The number of pyridine rings is 1. The molecule has 1 aromatic rings. The van der Waals surface area contributed by atoms with Crippen molar-refractivity contribution in [2.24, 2.45) is 0 Å². The van der Waals surface area contributed by atoms with Gasteiger partial charge in [-0.1, -0.05) is 11.6 Å². The van der Waals surface area contributed by atoms with Crippen molar-refractivity contribution >= 4 is 35.8 Å². The van der Waals surface area contributed by atoms with E-state index in [1.54, 1.807) is 11.0 Å². The van der Waals surface area contributed by atoms with Crippen LogP contribution in [0.1, 0.15) is 12.1 Å². The van der Waals surface area contributed by atoms with Crippen molar-refractivity contribution in [1.29, 1.82) is 0 Å². The Morgan fingerprint density at radius 1 is 1.60 bits per heavy atom. The van der Waals surface area contributed by atoms with Crippen LogP contribution in [-0.2, 0) is 4.79 Å². The fourth-order valence-corrected chi connectivity index (χ4v) is 2.27. The number of hydrogen-bond acceptors (Lipinski definition) is 3. The first-order valence-electron chi connectivity index (χ1n) is 4.69. The monoisotopic (exact) mass is 242 g/mol. The molecule has 0 aromatic carbocycles. The standard InChI is InChI=1S/C10H11ClN2OS/c1-6-2-7(3-9(11)12-6)13-5-8(15)4-10(13)14/h2-3,8,15H,4-5H2,1H3. The summed E-state index contributed by atoms with van der Waals surface area (Å²) in [7, 11) is 0. The Morgan fingerprint density at radius 2 is 2.33 bits per heavy atom. The van der Waals surface area contributed by atoms with Gasteiger partial charge in [0.15, 0.2) is 0 Å². The third kappa shape index (κ3) is 2.26. The molecule has 1 aliphatic heterocycles. The molecule has 0 aliphatic carbocycles. The molecular formula is C10H11ClN2OS. The SMILES string of the molecule is Cc1cc(N2CC(S)CC2=O)cc(Cl)n1. The minimum absolute atomic E-state index is 0.0941. The van der Waals surface area contributed by atoms with Crippen molar-refractivity contribution < 1.29 is 4.79 Å². The van der Waals surface area contributed by atoms with Crippen LogP contribution in [0.5, 0.6) is 0 Å². The second kappa shape index (κ2) is 4.02. The molecule has 0 N–H and O–H groups in total. The van der Waals surface area contributed by atoms with Crippen molar-refractivity contribution in [2.45, 2.75) is 18.6 Å². The number of halogens is 1. The first kappa shape index (κ1) is 10.8. The molecule has 1 amide bonds. The zero-order valence-electron chi connectivity index (χ0n) is 8.27. The number of amides is 1. The number of thiol groups is 1. The van der Waals surface area contributed by atoms with E-state index in [0.717, 1.165) is 11.4 Å². The zero-order valence-corrected chi connectivity index (χ0v) is 9.92. The molecular weight excluding hydrogens is 232 g/mol. The third-order valence-electron chi connectivity index (χ3n) is 2.32. The van der Waals surface area contributed by atoms with Crippen LogP contribution >= 0.6 is 24.2 Å². The molecule has 0 saturated carbocycles. The van der Waals surface area contributed by atoms with E-state index < -0.39 is 0 Å². The van der Waals surface area contributed by atoms with Crippen molar-refractivity contribution in [3.05, 3.63) is 23.0 Å². The number of nitrogens with zero attached hydrogens (tertiary/aromatic N) is 2. The summed E-state index contributed by atoms with van der Waals surface area (Å²) in [6.07, 6.45) is 0.488. The summed E-state index contributed by atoms with van der Waals surface area (Å²) in [6.45, 7) is 2.50. The maximum Gasteiger partial charge on any atom is 0.228 e. The minimum Gasteiger partial charge on any atom is -0.311 e. The largest absolute Gasteiger partial charge is 0.311 e. The van der Waals surface area contributed by atoms with Crippen molar-refractivity contribution in [3.63, 3.8) is 0 Å². The average molecular weight is 243 g/mol. The highest BCUT2D eigenvalue weighted by atomic mass is 35.5. The number of carbonyl (C=O) groups excluding carboxylic acids is 1. The molecule has 1 saturated heterocycles. The van der Waals surface area contributed by atoms with Gasteiger partial charge in [0.1, 0.15) is 5.15 Å². The lowest BCUT2D eigenvalue weighted by Gasteiger charge is -2.16. The molecule has 5 heteroatoms. The summed E-state index contributed by atoms with van der Waals surface area (Å²) in [4.78, 5) is 17.4. The molecule has 2 rings (SSSR count). The van der Waals surface area contributed by atoms with Gasteiger partial charge in [0.05, 0.1) is 0 Å². The predicted molar refractivity (Wildman–Crippen MR) is 63.7 cm³/mol. The quantitative estimate of drug-likeness (QED) is 0.604. The molecule has 1 unspecified atom stereocenters. The van der Waals surface area contributed by atoms with Crippen molar-refractivity contribution in [3.8, 4) is 0 Å². The maximum absolute atomic E-state index is 11.6. The Kier molecular flexibility index (Phi) is 2.89. The van der Waals surface area contributed by atoms with E-state index in [1.807, 2.05) is 13.0 Å². The summed E-state index contributed by atoms with van der Waals surface area (Å²) < 4.78 is 0. The number of hydrogen-bond donors (Lipinski definition) is 1. The normalized spacial score (nSPS) is 21.1. The lowest BCUT2D eigenvalue weighted by atomic mass is 10.3. The first-order valence-corrected chi connectivity index (χ1v) is 5.58. The highest BCUT2D eigenvalue weighted by Gasteiger charge is 2.28. The fourth-order valence-electron chi connectivity index (χ4n) is 1.70. The van der Waals surface area contributed by atoms with Crippen LogP contribution in [0, 0.1) is 6.92 Å². The summed E-state index contributed by atoms with van der Waals surface area (Å²) in [6, 6.07) is 3.56. The second-order valence-electron chi connectivity index (χ2n) is 3.65. The van der Waals surface area contributed by atoms with E-state index in [4.69, 9.17) is 11.6 Å². The van der Waals surface area contributed by atoms with Crippen LogP contribution in [0.3, 0.4) is 0 Å². The number of anilines is 1. The maximum atomic E-state index is 11.6. The summed E-state index contributed by atoms with van der Waals surface area (Å²) >= 11 is 10.1. The molecule has 15 heavy (non-hydrogen) atoms. The summed E-state index contributed by atoms with van der Waals surface area (Å²) in [5.41, 5.74) is 1.63. The number of rotatable bonds is 1. The molecule has 2 heterocycles. The van der Waals surface area contributed by atoms with Gasteiger partial charge < -0.3 is 4.90 Å². The summed E-state index contributed by atoms with van der Waals surface area (Å²) in [5, 5.41) is 0.533. The van der Waals surface area contributed by atoms with Crippen LogP contribution in [-0.4, -0.2) is 22.7 Å². The predicted octanol–water partition coefficient (Wildman–Crippen LogP) is 2.08. The lowest BCUT2D eigenvalue weighted by molar-refractivity contribution is -0.117. The molecule has 80 valence electrons. The Balaban J connectivity index is 2.33. The Morgan fingerprint density at radius 3 is 2.87 bits per heavy atom. The van der Waals surface area contributed by atoms with Gasteiger partial charge in [0, 0.05) is 29.6 Å². The molecule has 0 bridgehead atoms. The van der Waals surface area contributed by atoms with Crippen molar-refractivity contribution in [2.75, 3.05) is 11.4 Å². The lowest BCUT2D eigenvalue weighted by Crippen LogP contribution is -2.24. The van der Waals surface area contributed by atoms with E-state index in [2.05, 4.69) is 17.6 Å². The highest BCUT2D eigenvalue weighted by Crippen LogP contribution is 2.26. The van der Waals surface area contributed by atoms with E-state index >= 15 is 0 Å². The Hall–Kier alpha value is -0.740. The van der Waals surface area contributed by atoms with E-state index in [9.17, 15) is 4.79 Å². The third-order valence-corrected chi connectivity index (χ3v) is 2.86. The zero-order chi connectivity index (χ0) is 11.0. The molecule has 1 aromatic heterocycles. The van der Waals surface area contributed by atoms with Gasteiger partial charge >= 0.3 is 0 Å². The van der Waals surface area contributed by atoms with Gasteiger partial charge in [-0.05, 0) is 19.1 Å². The number of aryl methyl sites for hydroxylation is 1. The Labute approximate surface area is 98.8 Å². The van der Waals surface area contributed by atoms with Crippen LogP contribution in [0.15, 0.2) is 12.1 Å². The first-order chi connectivity index (χ1) is 7.06. The molecule has 1 atom stereocenters. The molecule has 3 nitrogen and oxygen atoms in total. The van der Waals surface area contributed by atoms with Crippen molar-refractivity contribution in [1.82, 2.24) is 4.98 Å². The van der Waals surface area contributed by atoms with Gasteiger partial charge in [0.2, 0.25) is 5.91 Å². The fraction of sp³-hybridized carbons (Fsp3) is 0.400. The average Bonchev–Trinajstić information content (AvgIpc) is 2.43. The van der Waals surface area contributed by atoms with Crippen LogP contribution < -0.4 is 4.90 Å². The summed E-state index contributed by atoms with van der Waals surface area (Å²) in [5.74, 6) is 0.0941. The van der Waals surface area contributed by atoms with Gasteiger partial charge in [-0.15, -0.1) is 0 Å².